The molecule has 0 heterocycles. The van der Waals surface area contributed by atoms with E-state index in [9.17, 15) is 13.4 Å². The normalized spacial score (nSPS) is 10.5. The highest BCUT2D eigenvalue weighted by atomic mass is 32.2. The average molecular weight is 377 g/mol. The van der Waals surface area contributed by atoms with Gasteiger partial charge >= 0.3 is 0 Å². The SMILES string of the molecule is C=C(CCC)c1ccc(S(C)=O)cc1.CC.CC(=O)c1cccc(F)c1. The molecule has 0 aliphatic heterocycles. The summed E-state index contributed by atoms with van der Waals surface area (Å²) in [6, 6.07) is 13.5. The van der Waals surface area contributed by atoms with Crippen molar-refractivity contribution in [1.82, 2.24) is 0 Å². The Balaban J connectivity index is 0.000000458. The van der Waals surface area contributed by atoms with Crippen molar-refractivity contribution in [3.63, 3.8) is 0 Å². The Kier molecular flexibility index (Phi) is 12.1. The van der Waals surface area contributed by atoms with Crippen LogP contribution in [0, 0.1) is 5.82 Å². The van der Waals surface area contributed by atoms with Crippen LogP contribution in [0.25, 0.3) is 5.57 Å². The predicted octanol–water partition coefficient (Wildman–Crippen LogP) is 6.29. The second-order valence-electron chi connectivity index (χ2n) is 5.40. The third kappa shape index (κ3) is 8.86. The molecule has 0 fully saturated rings. The van der Waals surface area contributed by atoms with Crippen LogP contribution in [0.1, 0.15) is 56.5 Å². The fraction of sp³-hybridized carbons (Fsp3) is 0.318. The Morgan fingerprint density at radius 3 is 2.04 bits per heavy atom. The summed E-state index contributed by atoms with van der Waals surface area (Å²) in [5, 5.41) is 0. The molecule has 2 nitrogen and oxygen atoms in total. The Bertz CT molecular complexity index is 721. The Hall–Kier alpha value is -2.07. The minimum atomic E-state index is -0.884. The van der Waals surface area contributed by atoms with Gasteiger partial charge in [0.15, 0.2) is 5.78 Å². The Morgan fingerprint density at radius 1 is 1.08 bits per heavy atom. The molecule has 1 unspecified atom stereocenters. The summed E-state index contributed by atoms with van der Waals surface area (Å²) in [7, 11) is -0.884. The van der Waals surface area contributed by atoms with Gasteiger partial charge in [0.2, 0.25) is 0 Å². The second kappa shape index (κ2) is 13.2. The van der Waals surface area contributed by atoms with Gasteiger partial charge in [0.05, 0.1) is 0 Å². The van der Waals surface area contributed by atoms with Crippen LogP contribution in [-0.4, -0.2) is 16.2 Å². The van der Waals surface area contributed by atoms with Crippen molar-refractivity contribution >= 4 is 22.2 Å². The van der Waals surface area contributed by atoms with Crippen molar-refractivity contribution in [2.24, 2.45) is 0 Å². The number of halogens is 1. The van der Waals surface area contributed by atoms with Crippen LogP contribution < -0.4 is 0 Å². The van der Waals surface area contributed by atoms with Gasteiger partial charge in [-0.05, 0) is 48.7 Å². The van der Waals surface area contributed by atoms with Gasteiger partial charge < -0.3 is 0 Å². The zero-order valence-corrected chi connectivity index (χ0v) is 17.2. The first-order chi connectivity index (χ1) is 12.3. The third-order valence-corrected chi connectivity index (χ3v) is 4.31. The van der Waals surface area contributed by atoms with E-state index in [1.54, 1.807) is 12.3 Å². The van der Waals surface area contributed by atoms with Crippen molar-refractivity contribution in [1.29, 1.82) is 0 Å². The summed E-state index contributed by atoms with van der Waals surface area (Å²) in [4.78, 5) is 11.5. The van der Waals surface area contributed by atoms with Crippen molar-refractivity contribution in [2.45, 2.75) is 45.4 Å². The molecular weight excluding hydrogens is 347 g/mol. The molecule has 0 N–H and O–H groups in total. The number of carbonyl (C=O) groups is 1. The summed E-state index contributed by atoms with van der Waals surface area (Å²) >= 11 is 0. The molecule has 0 spiro atoms. The van der Waals surface area contributed by atoms with E-state index in [0.717, 1.165) is 28.9 Å². The van der Waals surface area contributed by atoms with E-state index in [0.29, 0.717) is 5.56 Å². The first-order valence-corrected chi connectivity index (χ1v) is 10.3. The fourth-order valence-corrected chi connectivity index (χ4v) is 2.56. The molecule has 0 amide bonds. The zero-order valence-electron chi connectivity index (χ0n) is 16.3. The van der Waals surface area contributed by atoms with E-state index >= 15 is 0 Å². The number of ketones is 1. The third-order valence-electron chi connectivity index (χ3n) is 3.38. The number of hydrogen-bond donors (Lipinski definition) is 0. The van der Waals surface area contributed by atoms with Crippen molar-refractivity contribution in [2.75, 3.05) is 6.26 Å². The molecule has 2 rings (SSSR count). The van der Waals surface area contributed by atoms with E-state index in [4.69, 9.17) is 0 Å². The van der Waals surface area contributed by atoms with Gasteiger partial charge in [0.25, 0.3) is 0 Å². The maximum absolute atomic E-state index is 12.4. The molecule has 2 aromatic carbocycles. The molecule has 0 aliphatic rings. The van der Waals surface area contributed by atoms with Crippen LogP contribution in [0.3, 0.4) is 0 Å². The smallest absolute Gasteiger partial charge is 0.159 e. The zero-order chi connectivity index (χ0) is 20.1. The highest BCUT2D eigenvalue weighted by Crippen LogP contribution is 2.18. The molecule has 0 bridgehead atoms. The molecule has 2 aromatic rings. The van der Waals surface area contributed by atoms with Crippen LogP contribution in [0.5, 0.6) is 0 Å². The monoisotopic (exact) mass is 376 g/mol. The predicted molar refractivity (Wildman–Crippen MR) is 110 cm³/mol. The lowest BCUT2D eigenvalue weighted by atomic mass is 10.0. The van der Waals surface area contributed by atoms with Crippen LogP contribution in [0.15, 0.2) is 60.0 Å². The highest BCUT2D eigenvalue weighted by molar-refractivity contribution is 7.84. The summed E-state index contributed by atoms with van der Waals surface area (Å²) in [6.07, 6.45) is 3.82. The topological polar surface area (TPSA) is 34.1 Å². The van der Waals surface area contributed by atoms with Crippen LogP contribution in [0.2, 0.25) is 0 Å². The molecule has 1 atom stereocenters. The first-order valence-electron chi connectivity index (χ1n) is 8.73. The van der Waals surface area contributed by atoms with E-state index in [1.165, 1.54) is 25.1 Å². The molecule has 142 valence electrons. The lowest BCUT2D eigenvalue weighted by Gasteiger charge is -2.04. The molecule has 0 saturated carbocycles. The average Bonchev–Trinajstić information content (AvgIpc) is 2.64. The number of Topliss-reactive ketones (excluding diaryl/α,β-unsaturated/α-hetero) is 1. The van der Waals surface area contributed by atoms with Gasteiger partial charge in [-0.1, -0.05) is 58.0 Å². The van der Waals surface area contributed by atoms with E-state index in [1.807, 2.05) is 38.1 Å². The van der Waals surface area contributed by atoms with Gasteiger partial charge in [0.1, 0.15) is 5.82 Å². The number of benzene rings is 2. The van der Waals surface area contributed by atoms with E-state index in [-0.39, 0.29) is 11.6 Å². The molecule has 0 aliphatic carbocycles. The number of allylic oxidation sites excluding steroid dienone is 1. The minimum absolute atomic E-state index is 0.112. The van der Waals surface area contributed by atoms with E-state index < -0.39 is 10.8 Å². The van der Waals surface area contributed by atoms with Crippen molar-refractivity contribution < 1.29 is 13.4 Å². The van der Waals surface area contributed by atoms with Crippen molar-refractivity contribution in [3.05, 3.63) is 72.1 Å². The van der Waals surface area contributed by atoms with Gasteiger partial charge in [0, 0.05) is 27.5 Å². The lowest BCUT2D eigenvalue weighted by molar-refractivity contribution is 0.101. The molecule has 0 aromatic heterocycles. The quantitative estimate of drug-likeness (QED) is 0.575. The summed E-state index contributed by atoms with van der Waals surface area (Å²) in [6.45, 7) is 11.6. The Labute approximate surface area is 159 Å². The van der Waals surface area contributed by atoms with Crippen LogP contribution in [0.4, 0.5) is 4.39 Å². The lowest BCUT2D eigenvalue weighted by Crippen LogP contribution is -1.91. The second-order valence-corrected chi connectivity index (χ2v) is 6.78. The molecule has 0 radical (unpaired) electrons. The molecule has 26 heavy (non-hydrogen) atoms. The fourth-order valence-electron chi connectivity index (χ4n) is 2.04. The molecule has 0 saturated heterocycles. The standard InChI is InChI=1S/C12H16OS.C8H7FO.C2H6/c1-4-5-10(2)11-6-8-12(9-7-11)14(3)13;1-6(10)7-3-2-4-8(9)5-7;1-2/h6-9H,2,4-5H2,1,3H3;2-5H,1H3;1-2H3. The summed E-state index contributed by atoms with van der Waals surface area (Å²) in [5.41, 5.74) is 2.72. The van der Waals surface area contributed by atoms with Crippen LogP contribution >= 0.6 is 0 Å². The Morgan fingerprint density at radius 2 is 1.65 bits per heavy atom. The minimum Gasteiger partial charge on any atom is -0.295 e. The maximum Gasteiger partial charge on any atom is 0.159 e. The highest BCUT2D eigenvalue weighted by Gasteiger charge is 2.00. The van der Waals surface area contributed by atoms with Crippen LogP contribution in [-0.2, 0) is 10.8 Å². The van der Waals surface area contributed by atoms with Crippen molar-refractivity contribution in [3.8, 4) is 0 Å². The largest absolute Gasteiger partial charge is 0.295 e. The first kappa shape index (κ1) is 23.9. The number of carbonyl (C=O) groups excluding carboxylic acids is 1. The van der Waals surface area contributed by atoms with Gasteiger partial charge in [-0.3, -0.25) is 9.00 Å². The number of rotatable bonds is 5. The van der Waals surface area contributed by atoms with E-state index in [2.05, 4.69) is 13.5 Å². The van der Waals surface area contributed by atoms with Gasteiger partial charge in [-0.15, -0.1) is 0 Å². The van der Waals surface area contributed by atoms with Gasteiger partial charge in [-0.25, -0.2) is 4.39 Å². The maximum atomic E-state index is 12.4. The van der Waals surface area contributed by atoms with Gasteiger partial charge in [-0.2, -0.15) is 0 Å². The molecular formula is C22H29FO2S. The number of hydrogen-bond acceptors (Lipinski definition) is 2. The summed E-state index contributed by atoms with van der Waals surface area (Å²) in [5.74, 6) is -0.479. The summed E-state index contributed by atoms with van der Waals surface area (Å²) < 4.78 is 23.5. The molecule has 4 heteroatoms.